The van der Waals surface area contributed by atoms with Gasteiger partial charge in [-0.05, 0) is 31.6 Å². The zero-order chi connectivity index (χ0) is 20.0. The Bertz CT molecular complexity index is 1050. The van der Waals surface area contributed by atoms with Gasteiger partial charge in [-0.3, -0.25) is 0 Å². The van der Waals surface area contributed by atoms with Gasteiger partial charge < -0.3 is 10.1 Å². The Labute approximate surface area is 174 Å². The first-order chi connectivity index (χ1) is 14.1. The summed E-state index contributed by atoms with van der Waals surface area (Å²) in [7, 11) is 0. The van der Waals surface area contributed by atoms with Crippen molar-refractivity contribution in [1.29, 1.82) is 0 Å². The summed E-state index contributed by atoms with van der Waals surface area (Å²) in [5.41, 5.74) is 2.53. The monoisotopic (exact) mass is 414 g/mol. The Balaban J connectivity index is 1.50. The van der Waals surface area contributed by atoms with Crippen LogP contribution in [0.1, 0.15) is 46.0 Å². The van der Waals surface area contributed by atoms with Crippen molar-refractivity contribution in [3.05, 3.63) is 22.7 Å². The molecule has 1 fully saturated rings. The molecule has 0 spiro atoms. The lowest BCUT2D eigenvalue weighted by Gasteiger charge is -2.21. The van der Waals surface area contributed by atoms with Crippen LogP contribution in [-0.2, 0) is 11.3 Å². The second-order valence-corrected chi connectivity index (χ2v) is 8.51. The third kappa shape index (κ3) is 3.50. The van der Waals surface area contributed by atoms with E-state index in [0.717, 1.165) is 34.8 Å². The van der Waals surface area contributed by atoms with Crippen molar-refractivity contribution in [3.63, 3.8) is 0 Å². The number of rotatable bonds is 1. The average Bonchev–Trinajstić information content (AvgIpc) is 3.17. The van der Waals surface area contributed by atoms with Gasteiger partial charge in [-0.15, -0.1) is 0 Å². The van der Waals surface area contributed by atoms with Gasteiger partial charge in [0.25, 0.3) is 0 Å². The lowest BCUT2D eigenvalue weighted by molar-refractivity contribution is -0.476. The Hall–Kier alpha value is -2.48. The lowest BCUT2D eigenvalue weighted by atomic mass is 9.84. The predicted molar refractivity (Wildman–Crippen MR) is 112 cm³/mol. The normalized spacial score (nSPS) is 26.2. The van der Waals surface area contributed by atoms with Gasteiger partial charge in [0.05, 0.1) is 12.0 Å². The molecule has 0 saturated heterocycles. The molecule has 2 bridgehead atoms. The first-order valence-corrected chi connectivity index (χ1v) is 10.7. The number of allylic oxidation sites excluding steroid dienone is 1. The van der Waals surface area contributed by atoms with Gasteiger partial charge >= 0.3 is 5.90 Å². The summed E-state index contributed by atoms with van der Waals surface area (Å²) in [6, 6.07) is 0. The number of fused-ring (bicyclic) bond motifs is 2. The van der Waals surface area contributed by atoms with E-state index in [1.165, 1.54) is 25.7 Å². The number of aryl methyl sites for hydroxylation is 1. The number of ether oxygens (including phenoxy) is 1. The van der Waals surface area contributed by atoms with Crippen molar-refractivity contribution in [2.75, 3.05) is 11.9 Å². The summed E-state index contributed by atoms with van der Waals surface area (Å²) in [5.74, 6) is 2.45. The summed E-state index contributed by atoms with van der Waals surface area (Å²) in [6.07, 6.45) is 9.71. The predicted octanol–water partition coefficient (Wildman–Crippen LogP) is 3.78. The highest BCUT2D eigenvalue weighted by Gasteiger charge is 2.33. The third-order valence-electron chi connectivity index (χ3n) is 5.96. The van der Waals surface area contributed by atoms with Gasteiger partial charge in [0.2, 0.25) is 11.6 Å². The Morgan fingerprint density at radius 1 is 1.31 bits per heavy atom. The smallest absolute Gasteiger partial charge is 0.310 e. The molecule has 4 heterocycles. The molecule has 0 aromatic carbocycles. The van der Waals surface area contributed by atoms with Gasteiger partial charge in [-0.25, -0.2) is 9.67 Å². The summed E-state index contributed by atoms with van der Waals surface area (Å²) in [6.45, 7) is 5.59. The maximum Gasteiger partial charge on any atom is 0.310 e. The minimum Gasteiger partial charge on any atom is -0.472 e. The fourth-order valence-corrected chi connectivity index (χ4v) is 4.37. The molecule has 0 radical (unpaired) electrons. The number of nitrogens with one attached hydrogen (secondary N) is 1. The van der Waals surface area contributed by atoms with Crippen molar-refractivity contribution in [2.45, 2.75) is 52.5 Å². The fourth-order valence-electron chi connectivity index (χ4n) is 4.15. The zero-order valence-electron chi connectivity index (χ0n) is 16.7. The van der Waals surface area contributed by atoms with E-state index < -0.39 is 0 Å². The molecule has 3 aliphatic rings. The van der Waals surface area contributed by atoms with Gasteiger partial charge in [0.15, 0.2) is 22.7 Å². The average molecular weight is 415 g/mol. The SMILES string of the molecule is CC1=C2Nc3ncc4c(Cl)nn(c4n3)CCCOC2=N/[N+]1=C/C1CCC(C)CC1. The molecule has 2 aromatic heterocycles. The van der Waals surface area contributed by atoms with Crippen LogP contribution in [0.2, 0.25) is 5.15 Å². The van der Waals surface area contributed by atoms with E-state index in [-0.39, 0.29) is 0 Å². The first kappa shape index (κ1) is 18.5. The summed E-state index contributed by atoms with van der Waals surface area (Å²) in [5, 5.41) is 13.6. The summed E-state index contributed by atoms with van der Waals surface area (Å²) < 4.78 is 9.79. The molecule has 1 saturated carbocycles. The lowest BCUT2D eigenvalue weighted by Crippen LogP contribution is -2.17. The van der Waals surface area contributed by atoms with Crippen LogP contribution in [0.4, 0.5) is 5.95 Å². The quantitative estimate of drug-likeness (QED) is 0.718. The molecule has 8 nitrogen and oxygen atoms in total. The number of hydrogen-bond acceptors (Lipinski definition) is 6. The molecular weight excluding hydrogens is 390 g/mol. The number of hydrazone groups is 1. The Morgan fingerprint density at radius 3 is 2.97 bits per heavy atom. The number of nitrogens with zero attached hydrogens (tertiary/aromatic N) is 6. The zero-order valence-corrected chi connectivity index (χ0v) is 17.5. The Kier molecular flexibility index (Phi) is 4.73. The van der Waals surface area contributed by atoms with E-state index in [1.807, 2.05) is 16.3 Å². The second-order valence-electron chi connectivity index (χ2n) is 8.15. The molecule has 5 rings (SSSR count). The van der Waals surface area contributed by atoms with E-state index in [4.69, 9.17) is 21.4 Å². The second kappa shape index (κ2) is 7.40. The minimum absolute atomic E-state index is 0.422. The van der Waals surface area contributed by atoms with Crippen molar-refractivity contribution in [1.82, 2.24) is 19.7 Å². The van der Waals surface area contributed by atoms with Gasteiger partial charge in [0.1, 0.15) is 0 Å². The maximum absolute atomic E-state index is 6.23. The molecule has 2 aromatic rings. The highest BCUT2D eigenvalue weighted by molar-refractivity contribution is 6.34. The number of halogens is 1. The molecule has 1 N–H and O–H groups in total. The van der Waals surface area contributed by atoms with Crippen molar-refractivity contribution in [3.8, 4) is 0 Å². The number of anilines is 1. The van der Waals surface area contributed by atoms with Crippen LogP contribution >= 0.6 is 11.6 Å². The summed E-state index contributed by atoms with van der Waals surface area (Å²) >= 11 is 6.23. The molecule has 0 unspecified atom stereocenters. The largest absolute Gasteiger partial charge is 0.472 e. The first-order valence-electron chi connectivity index (χ1n) is 10.3. The standard InChI is InChI=1S/C20H25ClN7O/c1-12-4-6-14(7-5-12)11-28-13(2)16-19(26-28)29-9-3-8-27-18-15(17(21)25-27)10-22-20(23-16)24-18/h10-12,14H,3-9H2,1-2H3,(H,22,23,24)/q+1/b28-11+. The minimum atomic E-state index is 0.422. The van der Waals surface area contributed by atoms with Crippen molar-refractivity contribution >= 4 is 40.7 Å². The molecule has 1 aliphatic carbocycles. The summed E-state index contributed by atoms with van der Waals surface area (Å²) in [4.78, 5) is 9.06. The molecule has 0 amide bonds. The van der Waals surface area contributed by atoms with Crippen LogP contribution in [0.5, 0.6) is 0 Å². The molecular formula is C20H25ClN7O+. The van der Waals surface area contributed by atoms with Crippen LogP contribution in [0, 0.1) is 11.8 Å². The topological polar surface area (TPSA) is 80.2 Å². The molecule has 29 heavy (non-hydrogen) atoms. The van der Waals surface area contributed by atoms with Crippen LogP contribution in [-0.4, -0.2) is 43.2 Å². The van der Waals surface area contributed by atoms with Crippen molar-refractivity contribution < 1.29 is 9.42 Å². The highest BCUT2D eigenvalue weighted by atomic mass is 35.5. The number of aromatic nitrogens is 4. The molecule has 0 atom stereocenters. The number of hydrogen-bond donors (Lipinski definition) is 1. The van der Waals surface area contributed by atoms with Crippen LogP contribution < -0.4 is 5.32 Å². The van der Waals surface area contributed by atoms with Crippen LogP contribution in [0.15, 0.2) is 22.7 Å². The van der Waals surface area contributed by atoms with E-state index in [9.17, 15) is 0 Å². The maximum atomic E-state index is 6.23. The van der Waals surface area contributed by atoms with E-state index in [1.54, 1.807) is 6.20 Å². The molecule has 2 aliphatic heterocycles. The van der Waals surface area contributed by atoms with Gasteiger partial charge in [-0.1, -0.05) is 23.2 Å². The third-order valence-corrected chi connectivity index (χ3v) is 6.24. The van der Waals surface area contributed by atoms with E-state index in [2.05, 4.69) is 33.5 Å². The van der Waals surface area contributed by atoms with E-state index >= 15 is 0 Å². The highest BCUT2D eigenvalue weighted by Crippen LogP contribution is 2.29. The van der Waals surface area contributed by atoms with Gasteiger partial charge in [0, 0.05) is 37.1 Å². The van der Waals surface area contributed by atoms with Crippen LogP contribution in [0.3, 0.4) is 0 Å². The van der Waals surface area contributed by atoms with Crippen molar-refractivity contribution in [2.24, 2.45) is 16.9 Å². The molecule has 152 valence electrons. The van der Waals surface area contributed by atoms with Gasteiger partial charge in [-0.2, -0.15) is 10.1 Å². The molecule has 9 heteroatoms. The fraction of sp³-hybridized carbons (Fsp3) is 0.550. The Morgan fingerprint density at radius 2 is 2.14 bits per heavy atom. The van der Waals surface area contributed by atoms with Crippen LogP contribution in [0.25, 0.3) is 11.0 Å². The van der Waals surface area contributed by atoms with E-state index in [0.29, 0.717) is 36.1 Å².